The lowest BCUT2D eigenvalue weighted by atomic mass is 9.94. The molecule has 0 aliphatic carbocycles. The summed E-state index contributed by atoms with van der Waals surface area (Å²) in [7, 11) is 2.18. The molecule has 5 rings (SSSR count). The summed E-state index contributed by atoms with van der Waals surface area (Å²) in [6, 6.07) is 14.0. The smallest absolute Gasteiger partial charge is 0.225 e. The van der Waals surface area contributed by atoms with Gasteiger partial charge in [-0.1, -0.05) is 113 Å². The maximum atomic E-state index is 17.0. The summed E-state index contributed by atoms with van der Waals surface area (Å²) in [5.74, 6) is 2.39. The molecule has 3 aromatic carbocycles. The molecule has 0 radical (unpaired) electrons. The molecule has 1 atom stereocenters. The van der Waals surface area contributed by atoms with Gasteiger partial charge in [0.25, 0.3) is 0 Å². The van der Waals surface area contributed by atoms with Crippen molar-refractivity contribution in [2.45, 2.75) is 89.7 Å². The van der Waals surface area contributed by atoms with Crippen LogP contribution >= 0.6 is 23.4 Å². The minimum absolute atomic E-state index is 0.275. The summed E-state index contributed by atoms with van der Waals surface area (Å²) >= 11 is 9.05. The maximum Gasteiger partial charge on any atom is 0.225 e. The summed E-state index contributed by atoms with van der Waals surface area (Å²) in [5, 5.41) is 10.2. The summed E-state index contributed by atoms with van der Waals surface area (Å²) in [6.07, 6.45) is 14.4. The van der Waals surface area contributed by atoms with Crippen molar-refractivity contribution in [3.63, 3.8) is 0 Å². The van der Waals surface area contributed by atoms with Crippen LogP contribution in [0.3, 0.4) is 0 Å². The van der Waals surface area contributed by atoms with Crippen molar-refractivity contribution >= 4 is 56.8 Å². The average Bonchev–Trinajstić information content (AvgIpc) is 3.23. The normalized spacial score (nSPS) is 13.4. The Hall–Kier alpha value is -4.41. The van der Waals surface area contributed by atoms with Gasteiger partial charge >= 0.3 is 0 Å². The highest BCUT2D eigenvalue weighted by Crippen LogP contribution is 2.41. The summed E-state index contributed by atoms with van der Waals surface area (Å²) in [5.41, 5.74) is 10.2. The summed E-state index contributed by atoms with van der Waals surface area (Å²) < 4.78 is 17.0. The van der Waals surface area contributed by atoms with E-state index in [4.69, 9.17) is 27.3 Å². The molecule has 1 aliphatic heterocycles. The summed E-state index contributed by atoms with van der Waals surface area (Å²) in [4.78, 5) is 16.6. The topological polar surface area (TPSA) is 85.6 Å². The van der Waals surface area contributed by atoms with Gasteiger partial charge in [-0.2, -0.15) is 16.7 Å². The number of benzene rings is 3. The van der Waals surface area contributed by atoms with Gasteiger partial charge in [-0.3, -0.25) is 0 Å². The largest absolute Gasteiger partial charge is 0.386 e. The van der Waals surface area contributed by atoms with Gasteiger partial charge in [-0.15, -0.1) is 0 Å². The van der Waals surface area contributed by atoms with Gasteiger partial charge in [0.05, 0.1) is 10.8 Å². The van der Waals surface area contributed by atoms with E-state index in [1.807, 2.05) is 55.1 Å². The highest BCUT2D eigenvalue weighted by molar-refractivity contribution is 7.99. The van der Waals surface area contributed by atoms with Gasteiger partial charge in [0, 0.05) is 80.5 Å². The van der Waals surface area contributed by atoms with Crippen molar-refractivity contribution in [2.24, 2.45) is 5.73 Å². The molecule has 324 valence electrons. The fourth-order valence-electron chi connectivity index (χ4n) is 8.12. The fourth-order valence-corrected chi connectivity index (χ4v) is 9.50. The number of piperazine rings is 1. The van der Waals surface area contributed by atoms with E-state index in [0.717, 1.165) is 85.2 Å². The zero-order valence-electron chi connectivity index (χ0n) is 36.4. The molecule has 4 aromatic rings. The van der Waals surface area contributed by atoms with E-state index in [9.17, 15) is 0 Å². The van der Waals surface area contributed by atoms with Gasteiger partial charge < -0.3 is 31.1 Å². The molecule has 2 heterocycles. The molecular weight excluding hydrogens is 787 g/mol. The van der Waals surface area contributed by atoms with Gasteiger partial charge in [0.15, 0.2) is 5.82 Å². The Kier molecular flexibility index (Phi) is 18.3. The number of nitrogens with one attached hydrogen (secondary N) is 2. The van der Waals surface area contributed by atoms with E-state index in [-0.39, 0.29) is 5.52 Å². The van der Waals surface area contributed by atoms with E-state index >= 15 is 4.39 Å². The molecule has 60 heavy (non-hydrogen) atoms. The predicted octanol–water partition coefficient (Wildman–Crippen LogP) is 11.7. The van der Waals surface area contributed by atoms with Crippen molar-refractivity contribution in [3.05, 3.63) is 108 Å². The van der Waals surface area contributed by atoms with Gasteiger partial charge in [-0.25, -0.2) is 9.37 Å². The molecule has 1 aromatic heterocycles. The first-order chi connectivity index (χ1) is 29.0. The second-order valence-electron chi connectivity index (χ2n) is 16.1. The first-order valence-electron chi connectivity index (χ1n) is 21.9. The SMILES string of the molecule is C=CC(=C)N1CCN(c2nc(NCCCCCCCCN(C)C(=C)CCCCC(CCNC(=C)N)SCC)nc3c(F)c(-c4cc(C)cc5ccccc45)c(Cl)cc23)CC1. The van der Waals surface area contributed by atoms with Crippen LogP contribution in [0.4, 0.5) is 16.2 Å². The molecule has 4 N–H and O–H groups in total. The highest BCUT2D eigenvalue weighted by Gasteiger charge is 2.25. The lowest BCUT2D eigenvalue weighted by molar-refractivity contribution is 0.331. The number of fused-ring (bicyclic) bond motifs is 2. The third-order valence-corrected chi connectivity index (χ3v) is 13.1. The lowest BCUT2D eigenvalue weighted by Gasteiger charge is -2.37. The van der Waals surface area contributed by atoms with Crippen LogP contribution in [0.25, 0.3) is 32.8 Å². The van der Waals surface area contributed by atoms with E-state index in [2.05, 4.69) is 71.7 Å². The first-order valence-corrected chi connectivity index (χ1v) is 23.4. The number of nitrogens with zero attached hydrogens (tertiary/aromatic N) is 5. The van der Waals surface area contributed by atoms with Crippen LogP contribution in [-0.4, -0.2) is 83.6 Å². The molecule has 0 spiro atoms. The second kappa shape index (κ2) is 23.6. The third kappa shape index (κ3) is 13.0. The van der Waals surface area contributed by atoms with E-state index in [1.165, 1.54) is 50.6 Å². The van der Waals surface area contributed by atoms with Gasteiger partial charge in [0.2, 0.25) is 5.95 Å². The van der Waals surface area contributed by atoms with Crippen LogP contribution < -0.4 is 21.3 Å². The Bertz CT molecular complexity index is 2080. The van der Waals surface area contributed by atoms with Crippen molar-refractivity contribution < 1.29 is 4.39 Å². The molecule has 0 saturated carbocycles. The fraction of sp³-hybridized carbons (Fsp3) is 0.469. The van der Waals surface area contributed by atoms with Crippen LogP contribution in [0.1, 0.15) is 83.1 Å². The van der Waals surface area contributed by atoms with Crippen LogP contribution in [0.15, 0.2) is 92.1 Å². The Labute approximate surface area is 368 Å². The number of halogens is 2. The number of unbranched alkanes of at least 4 members (excludes halogenated alkanes) is 6. The average molecular weight is 856 g/mol. The zero-order chi connectivity index (χ0) is 43.0. The molecule has 1 aliphatic rings. The number of allylic oxidation sites excluding steroid dienone is 2. The monoisotopic (exact) mass is 854 g/mol. The van der Waals surface area contributed by atoms with Crippen LogP contribution in [0.2, 0.25) is 5.02 Å². The van der Waals surface area contributed by atoms with Crippen LogP contribution in [-0.2, 0) is 0 Å². The first kappa shape index (κ1) is 46.7. The van der Waals surface area contributed by atoms with Crippen LogP contribution in [0, 0.1) is 12.7 Å². The molecule has 8 nitrogen and oxygen atoms in total. The molecule has 1 fully saturated rings. The number of nitrogens with two attached hydrogens (primary N) is 1. The Morgan fingerprint density at radius 2 is 1.68 bits per heavy atom. The van der Waals surface area contributed by atoms with Crippen molar-refractivity contribution in [1.82, 2.24) is 25.1 Å². The Balaban J connectivity index is 1.13. The maximum absolute atomic E-state index is 17.0. The number of rotatable bonds is 26. The molecule has 11 heteroatoms. The molecular formula is C49H68ClFN8S. The van der Waals surface area contributed by atoms with Crippen LogP contribution in [0.5, 0.6) is 0 Å². The van der Waals surface area contributed by atoms with Gasteiger partial charge in [-0.05, 0) is 85.2 Å². The Morgan fingerprint density at radius 3 is 2.42 bits per heavy atom. The number of hydrogen-bond acceptors (Lipinski definition) is 9. The summed E-state index contributed by atoms with van der Waals surface area (Å²) in [6.45, 7) is 26.0. The number of thioether (sulfide) groups is 1. The standard InChI is InChI=1S/C49H68ClFN8S/c1-8-36(4)58-28-30-59(31-29-58)48-43-34-44(50)45(42-33-35(3)32-39-21-15-17-23-41(39)42)46(51)47(43)55-49(56-48)54-25-18-12-10-11-13-19-27-57(7)37(5)20-14-16-22-40(60-9-2)24-26-53-38(6)52/h8,15,17,21,23,32-34,40,53H,1,4-6,9-14,16,18-20,22,24-31,52H2,2-3,7H3,(H,54,55,56). The highest BCUT2D eigenvalue weighted by atomic mass is 35.5. The third-order valence-electron chi connectivity index (χ3n) is 11.6. The van der Waals surface area contributed by atoms with Crippen molar-refractivity contribution in [3.8, 4) is 11.1 Å². The lowest BCUT2D eigenvalue weighted by Crippen LogP contribution is -2.46. The van der Waals surface area contributed by atoms with Crippen molar-refractivity contribution in [2.75, 3.05) is 68.8 Å². The number of aryl methyl sites for hydroxylation is 1. The van der Waals surface area contributed by atoms with E-state index in [0.29, 0.717) is 58.4 Å². The quantitative estimate of drug-likeness (QED) is 0.0422. The van der Waals surface area contributed by atoms with E-state index in [1.54, 1.807) is 6.08 Å². The van der Waals surface area contributed by atoms with Crippen molar-refractivity contribution in [1.29, 1.82) is 0 Å². The van der Waals surface area contributed by atoms with Gasteiger partial charge in [0.1, 0.15) is 11.3 Å². The molecule has 1 saturated heterocycles. The minimum atomic E-state index is -0.428. The Morgan fingerprint density at radius 1 is 0.950 bits per heavy atom. The predicted molar refractivity (Wildman–Crippen MR) is 260 cm³/mol. The number of aromatic nitrogens is 2. The number of hydrogen-bond donors (Lipinski definition) is 3. The molecule has 1 unspecified atom stereocenters. The second-order valence-corrected chi connectivity index (χ2v) is 18.1. The molecule has 0 amide bonds. The minimum Gasteiger partial charge on any atom is -0.386 e. The zero-order valence-corrected chi connectivity index (χ0v) is 38.0. The van der Waals surface area contributed by atoms with E-state index < -0.39 is 5.82 Å². The number of anilines is 2. The molecule has 0 bridgehead atoms.